The van der Waals surface area contributed by atoms with Crippen molar-refractivity contribution in [1.82, 2.24) is 0 Å². The summed E-state index contributed by atoms with van der Waals surface area (Å²) in [5.41, 5.74) is 4.46. The van der Waals surface area contributed by atoms with Crippen molar-refractivity contribution in [2.24, 2.45) is 0 Å². The van der Waals surface area contributed by atoms with E-state index < -0.39 is 31.6 Å². The van der Waals surface area contributed by atoms with E-state index in [4.69, 9.17) is 9.47 Å². The Bertz CT molecular complexity index is 1390. The van der Waals surface area contributed by atoms with Gasteiger partial charge < -0.3 is 14.6 Å². The topological polar surface area (TPSA) is 72.8 Å². The zero-order chi connectivity index (χ0) is 35.4. The van der Waals surface area contributed by atoms with Gasteiger partial charge in [-0.1, -0.05) is 89.2 Å². The first-order chi connectivity index (χ1) is 22.8. The van der Waals surface area contributed by atoms with Crippen LogP contribution in [0, 0.1) is 11.6 Å². The van der Waals surface area contributed by atoms with Gasteiger partial charge >= 0.3 is 11.9 Å². The number of esters is 2. The predicted molar refractivity (Wildman–Crippen MR) is 192 cm³/mol. The lowest BCUT2D eigenvalue weighted by atomic mass is 9.75. The maximum absolute atomic E-state index is 15.3. The van der Waals surface area contributed by atoms with Crippen molar-refractivity contribution in [1.29, 1.82) is 0 Å². The third-order valence-electron chi connectivity index (χ3n) is 9.76. The molecule has 264 valence electrons. The maximum atomic E-state index is 15.3. The van der Waals surface area contributed by atoms with Gasteiger partial charge in [0.25, 0.3) is 0 Å². The lowest BCUT2D eigenvalue weighted by Crippen LogP contribution is -2.46. The molecule has 0 radical (unpaired) electrons. The van der Waals surface area contributed by atoms with E-state index in [2.05, 4.69) is 45.3 Å². The van der Waals surface area contributed by atoms with E-state index >= 15 is 8.78 Å². The van der Waals surface area contributed by atoms with E-state index in [0.717, 1.165) is 92.1 Å². The molecule has 0 amide bonds. The van der Waals surface area contributed by atoms with Crippen LogP contribution in [0.3, 0.4) is 0 Å². The monoisotopic (exact) mass is 682 g/mol. The Balaban J connectivity index is 1.95. The van der Waals surface area contributed by atoms with E-state index in [1.165, 1.54) is 0 Å². The molecule has 1 fully saturated rings. The van der Waals surface area contributed by atoms with Gasteiger partial charge in [-0.25, -0.2) is 18.4 Å². The number of carbonyl (C=O) groups is 2. The number of aryl methyl sites for hydroxylation is 1. The summed E-state index contributed by atoms with van der Waals surface area (Å²) in [6.07, 6.45) is 9.08. The Kier molecular flexibility index (Phi) is 15.2. The van der Waals surface area contributed by atoms with Gasteiger partial charge in [-0.05, 0) is 104 Å². The van der Waals surface area contributed by atoms with Gasteiger partial charge in [-0.2, -0.15) is 0 Å². The summed E-state index contributed by atoms with van der Waals surface area (Å²) in [5.74, 6) is -2.22. The zero-order valence-electron chi connectivity index (χ0n) is 29.8. The molecule has 2 aromatic rings. The fraction of sp³-hybridized carbons (Fsp3) is 0.550. The number of unbranched alkanes of at least 4 members (excludes halogenated alkanes) is 4. The molecule has 0 aromatic heterocycles. The van der Waals surface area contributed by atoms with E-state index in [0.29, 0.717) is 28.7 Å². The second kappa shape index (κ2) is 18.6. The van der Waals surface area contributed by atoms with Crippen LogP contribution in [0.4, 0.5) is 8.78 Å². The van der Waals surface area contributed by atoms with Crippen LogP contribution < -0.4 is 5.19 Å². The minimum absolute atomic E-state index is 0.0584. The van der Waals surface area contributed by atoms with E-state index in [1.807, 2.05) is 0 Å². The smallest absolute Gasteiger partial charge is 0.333 e. The van der Waals surface area contributed by atoms with Crippen molar-refractivity contribution in [3.8, 4) is 0 Å². The van der Waals surface area contributed by atoms with Crippen molar-refractivity contribution in [3.05, 3.63) is 88.0 Å². The van der Waals surface area contributed by atoms with Gasteiger partial charge in [-0.15, -0.1) is 0 Å². The number of aliphatic hydroxyl groups is 1. The number of aliphatic hydroxyl groups excluding tert-OH is 1. The van der Waals surface area contributed by atoms with Crippen molar-refractivity contribution >= 4 is 25.2 Å². The number of rotatable bonds is 18. The molecule has 0 heterocycles. The second-order valence-electron chi connectivity index (χ2n) is 14.3. The predicted octanol–water partition coefficient (Wildman–Crippen LogP) is 9.46. The molecule has 0 unspecified atom stereocenters. The molecule has 0 bridgehead atoms. The average molecular weight is 683 g/mol. The Morgan fingerprint density at radius 3 is 1.90 bits per heavy atom. The summed E-state index contributed by atoms with van der Waals surface area (Å²) in [6.45, 7) is 17.7. The molecule has 0 atom stereocenters. The minimum Gasteiger partial charge on any atom is -0.457 e. The summed E-state index contributed by atoms with van der Waals surface area (Å²) in [7, 11) is -2.16. The van der Waals surface area contributed by atoms with Crippen molar-refractivity contribution in [2.75, 3.05) is 6.61 Å². The molecule has 2 aromatic carbocycles. The van der Waals surface area contributed by atoms with E-state index in [9.17, 15) is 14.7 Å². The van der Waals surface area contributed by atoms with Gasteiger partial charge in [0, 0.05) is 17.8 Å². The molecule has 3 rings (SSSR count). The second-order valence-corrected chi connectivity index (χ2v) is 19.1. The highest BCUT2D eigenvalue weighted by molar-refractivity contribution is 6.90. The quantitative estimate of drug-likeness (QED) is 0.0734. The molecule has 0 aliphatic heterocycles. The van der Waals surface area contributed by atoms with Crippen LogP contribution in [0.25, 0.3) is 0 Å². The van der Waals surface area contributed by atoms with Gasteiger partial charge in [0.1, 0.15) is 13.2 Å². The highest BCUT2D eigenvalue weighted by Crippen LogP contribution is 2.42. The molecule has 0 spiro atoms. The number of hydrogen-bond donors (Lipinski definition) is 1. The number of ether oxygens (including phenoxy) is 2. The van der Waals surface area contributed by atoms with Crippen LogP contribution in [0.1, 0.15) is 125 Å². The van der Waals surface area contributed by atoms with Gasteiger partial charge in [-0.3, -0.25) is 0 Å². The number of halogens is 2. The summed E-state index contributed by atoms with van der Waals surface area (Å²) in [5, 5.41) is 10.4. The third-order valence-corrected chi connectivity index (χ3v) is 13.4. The highest BCUT2D eigenvalue weighted by atomic mass is 28.3. The van der Waals surface area contributed by atoms with Crippen molar-refractivity contribution in [3.63, 3.8) is 0 Å². The van der Waals surface area contributed by atoms with Crippen LogP contribution >= 0.6 is 0 Å². The largest absolute Gasteiger partial charge is 0.457 e. The number of hydrogen-bond acceptors (Lipinski definition) is 5. The molecule has 1 aliphatic carbocycles. The molecule has 1 saturated carbocycles. The van der Waals surface area contributed by atoms with Crippen LogP contribution in [-0.2, 0) is 38.7 Å². The molecule has 8 heteroatoms. The molecule has 5 nitrogen and oxygen atoms in total. The SMILES string of the molecule is C=C(C)C(=O)OCc1cc(C2CCC(c3ccc(CCCCC)c(F)c3F)CC2)cc(COC(=O)C(=C)C)c1[Si](C)(C)CCCCCO. The van der Waals surface area contributed by atoms with Gasteiger partial charge in [0.2, 0.25) is 0 Å². The summed E-state index contributed by atoms with van der Waals surface area (Å²) in [6, 6.07) is 8.79. The minimum atomic E-state index is -2.16. The van der Waals surface area contributed by atoms with E-state index in [1.54, 1.807) is 26.0 Å². The van der Waals surface area contributed by atoms with Crippen LogP contribution in [0.15, 0.2) is 48.6 Å². The zero-order valence-corrected chi connectivity index (χ0v) is 30.8. The van der Waals surface area contributed by atoms with Crippen LogP contribution in [-0.4, -0.2) is 31.7 Å². The fourth-order valence-corrected chi connectivity index (χ4v) is 10.5. The Morgan fingerprint density at radius 2 is 1.38 bits per heavy atom. The molecule has 1 aliphatic rings. The van der Waals surface area contributed by atoms with Crippen LogP contribution in [0.2, 0.25) is 19.1 Å². The molecule has 48 heavy (non-hydrogen) atoms. The summed E-state index contributed by atoms with van der Waals surface area (Å²) in [4.78, 5) is 25.0. The number of carbonyl (C=O) groups excluding carboxylic acids is 2. The molecule has 0 saturated heterocycles. The Labute approximate surface area is 287 Å². The Morgan fingerprint density at radius 1 is 0.812 bits per heavy atom. The van der Waals surface area contributed by atoms with Crippen molar-refractivity contribution < 1.29 is 33.0 Å². The third kappa shape index (κ3) is 10.7. The molecule has 1 N–H and O–H groups in total. The summed E-state index contributed by atoms with van der Waals surface area (Å²) < 4.78 is 41.8. The lowest BCUT2D eigenvalue weighted by Gasteiger charge is -2.33. The number of benzene rings is 2. The van der Waals surface area contributed by atoms with Gasteiger partial charge in [0.15, 0.2) is 11.6 Å². The highest BCUT2D eigenvalue weighted by Gasteiger charge is 2.32. The average Bonchev–Trinajstić information content (AvgIpc) is 3.06. The summed E-state index contributed by atoms with van der Waals surface area (Å²) >= 11 is 0. The van der Waals surface area contributed by atoms with Gasteiger partial charge in [0.05, 0.1) is 8.07 Å². The normalized spacial score (nSPS) is 16.4. The Hall–Kier alpha value is -3.10. The van der Waals surface area contributed by atoms with Crippen molar-refractivity contribution in [2.45, 2.75) is 136 Å². The first-order valence-electron chi connectivity index (χ1n) is 17.7. The lowest BCUT2D eigenvalue weighted by molar-refractivity contribution is -0.140. The fourth-order valence-electron chi connectivity index (χ4n) is 7.06. The molecular weight excluding hydrogens is 627 g/mol. The standard InChI is InChI=1S/C40H56F2O5Si/c1-8-9-11-14-31-19-20-35(37(42)36(31)41)30-17-15-29(16-18-30)32-23-33(25-46-39(44)27(2)3)38(48(6,7)22-13-10-12-21-43)34(24-32)26-47-40(45)28(4)5/h19-20,23-24,29-30,43H,2,4,8-18,21-22,25-26H2,1,3,5-7H3. The first kappa shape index (κ1) is 39.3. The maximum Gasteiger partial charge on any atom is 0.333 e. The first-order valence-corrected chi connectivity index (χ1v) is 20.9. The van der Waals surface area contributed by atoms with Crippen LogP contribution in [0.5, 0.6) is 0 Å². The van der Waals surface area contributed by atoms with E-state index in [-0.39, 0.29) is 31.7 Å². The molecular formula is C40H56F2O5Si.